The highest BCUT2D eigenvalue weighted by molar-refractivity contribution is 7.80. The lowest BCUT2D eigenvalue weighted by atomic mass is 9.92. The average molecular weight is 648 g/mol. The van der Waals surface area contributed by atoms with E-state index in [1.165, 1.54) is 13.8 Å². The number of hydrogen-bond acceptors (Lipinski definition) is 11. The summed E-state index contributed by atoms with van der Waals surface area (Å²) in [7, 11) is -9.50. The van der Waals surface area contributed by atoms with Crippen molar-refractivity contribution in [3.63, 3.8) is 0 Å². The maximum Gasteiger partial charge on any atom is 0.432 e. The van der Waals surface area contributed by atoms with Gasteiger partial charge in [-0.3, -0.25) is 9.44 Å². The molecular weight excluding hydrogens is 612 g/mol. The number of alkyl halides is 6. The Morgan fingerprint density at radius 1 is 0.600 bits per heavy atom. The predicted octanol–water partition coefficient (Wildman–Crippen LogP) is 1.36. The van der Waals surface area contributed by atoms with E-state index in [0.29, 0.717) is 0 Å². The number of ether oxygens (including phenoxy) is 4. The molecule has 0 spiro atoms. The standard InChI is InChI=1S/C19H35F6NO12S2/c1-15(2,6-34-8-17(4,12-38-40(30,31)32)10-36-14-19(23,24)25)5-33-7-16(3,9-35-13-18(20,21)22)11-37-39(28,29)26-27/h5-14,26H2,1-4H3,(H,30,31,32). The van der Waals surface area contributed by atoms with E-state index in [0.717, 1.165) is 0 Å². The molecule has 0 saturated carbocycles. The molecule has 0 amide bonds. The van der Waals surface area contributed by atoms with Crippen LogP contribution in [0.25, 0.3) is 0 Å². The molecule has 0 rings (SSSR count). The van der Waals surface area contributed by atoms with Gasteiger partial charge in [0.2, 0.25) is 0 Å². The van der Waals surface area contributed by atoms with Crippen molar-refractivity contribution in [2.75, 3.05) is 66.1 Å². The van der Waals surface area contributed by atoms with Crippen molar-refractivity contribution < 1.29 is 79.9 Å². The smallest absolute Gasteiger partial charge is 0.432 e. The van der Waals surface area contributed by atoms with E-state index in [2.05, 4.69) is 17.8 Å². The van der Waals surface area contributed by atoms with Crippen molar-refractivity contribution in [3.05, 3.63) is 5.21 Å². The second-order valence-corrected chi connectivity index (χ2v) is 13.0. The Labute approximate surface area is 228 Å². The Hall–Kier alpha value is -0.880. The molecule has 0 aliphatic carbocycles. The molecule has 13 nitrogen and oxygen atoms in total. The summed E-state index contributed by atoms with van der Waals surface area (Å²) in [5.74, 6) is 0. The Kier molecular flexibility index (Phi) is 15.2. The SMILES string of the molecule is CC(C)(COCC(C)(COCC(F)(F)F)COS(=O)(=O)O)COCC(C)(COCC(F)(F)F)COS(=O)(=O)[NH2+][O-]. The van der Waals surface area contributed by atoms with Gasteiger partial charge in [0.05, 0.1) is 52.9 Å². The van der Waals surface area contributed by atoms with E-state index in [-0.39, 0.29) is 26.4 Å². The molecule has 0 radical (unpaired) electrons. The number of halogens is 6. The molecule has 2 atom stereocenters. The molecule has 0 aromatic heterocycles. The molecule has 0 bridgehead atoms. The van der Waals surface area contributed by atoms with Crippen LogP contribution in [0.5, 0.6) is 0 Å². The van der Waals surface area contributed by atoms with Crippen molar-refractivity contribution >= 4 is 20.7 Å². The fourth-order valence-corrected chi connectivity index (χ4v) is 3.67. The number of nitrogens with two attached hydrogens (primary N) is 1. The second-order valence-electron chi connectivity index (χ2n) is 10.5. The van der Waals surface area contributed by atoms with E-state index in [4.69, 9.17) is 14.0 Å². The van der Waals surface area contributed by atoms with Crippen LogP contribution in [0, 0.1) is 21.5 Å². The molecule has 242 valence electrons. The van der Waals surface area contributed by atoms with Gasteiger partial charge in [-0.25, -0.2) is 8.37 Å². The minimum Gasteiger partial charge on any atom is -0.618 e. The van der Waals surface area contributed by atoms with E-state index in [1.807, 2.05) is 0 Å². The summed E-state index contributed by atoms with van der Waals surface area (Å²) < 4.78 is 157. The third-order valence-electron chi connectivity index (χ3n) is 4.56. The van der Waals surface area contributed by atoms with Gasteiger partial charge < -0.3 is 24.2 Å². The summed E-state index contributed by atoms with van der Waals surface area (Å²) in [6.45, 7) is -1.30. The maximum atomic E-state index is 12.4. The fourth-order valence-electron chi connectivity index (χ4n) is 2.73. The normalized spacial score (nSPS) is 17.0. The zero-order valence-corrected chi connectivity index (χ0v) is 23.8. The first-order chi connectivity index (χ1) is 17.8. The minimum atomic E-state index is -4.91. The van der Waals surface area contributed by atoms with Crippen LogP contribution in [0.4, 0.5) is 26.3 Å². The Balaban J connectivity index is 5.10. The van der Waals surface area contributed by atoms with Gasteiger partial charge in [0, 0.05) is 16.2 Å². The van der Waals surface area contributed by atoms with Crippen LogP contribution in [0.1, 0.15) is 27.7 Å². The Morgan fingerprint density at radius 2 is 0.925 bits per heavy atom. The molecule has 0 aromatic carbocycles. The molecule has 0 heterocycles. The van der Waals surface area contributed by atoms with Crippen LogP contribution in [0.15, 0.2) is 0 Å². The molecular formula is C19H35F6NO12S2. The molecule has 21 heteroatoms. The first-order valence-corrected chi connectivity index (χ1v) is 14.0. The maximum absolute atomic E-state index is 12.4. The molecule has 3 N–H and O–H groups in total. The highest BCUT2D eigenvalue weighted by atomic mass is 32.3. The summed E-state index contributed by atoms with van der Waals surface area (Å²) in [4.78, 5) is -0.478. The molecule has 0 saturated heterocycles. The van der Waals surface area contributed by atoms with Crippen molar-refractivity contribution in [1.82, 2.24) is 0 Å². The monoisotopic (exact) mass is 647 g/mol. The van der Waals surface area contributed by atoms with Gasteiger partial charge in [-0.1, -0.05) is 27.7 Å². The predicted molar refractivity (Wildman–Crippen MR) is 123 cm³/mol. The zero-order chi connectivity index (χ0) is 31.5. The van der Waals surface area contributed by atoms with Crippen molar-refractivity contribution in [1.29, 1.82) is 0 Å². The molecule has 40 heavy (non-hydrogen) atoms. The minimum absolute atomic E-state index is 0.134. The number of rotatable bonds is 21. The van der Waals surface area contributed by atoms with Crippen LogP contribution in [0.3, 0.4) is 0 Å². The van der Waals surface area contributed by atoms with E-state index in [9.17, 15) is 48.4 Å². The number of quaternary nitrogens is 1. The van der Waals surface area contributed by atoms with Crippen LogP contribution in [-0.4, -0.2) is 99.8 Å². The van der Waals surface area contributed by atoms with Gasteiger partial charge in [-0.05, 0) is 0 Å². The first kappa shape index (κ1) is 39.1. The summed E-state index contributed by atoms with van der Waals surface area (Å²) in [5.41, 5.74) is -3.74. The van der Waals surface area contributed by atoms with Crippen molar-refractivity contribution in [2.24, 2.45) is 16.2 Å². The fraction of sp³-hybridized carbons (Fsp3) is 1.00. The summed E-state index contributed by atoms with van der Waals surface area (Å²) >= 11 is 0. The summed E-state index contributed by atoms with van der Waals surface area (Å²) in [6.07, 6.45) is -9.31. The van der Waals surface area contributed by atoms with E-state index < -0.39 is 93.8 Å². The highest BCUT2D eigenvalue weighted by Gasteiger charge is 2.35. The largest absolute Gasteiger partial charge is 0.618 e. The summed E-state index contributed by atoms with van der Waals surface area (Å²) in [6, 6.07) is 0. The Morgan fingerprint density at radius 3 is 1.23 bits per heavy atom. The lowest BCUT2D eigenvalue weighted by Gasteiger charge is -2.33. The van der Waals surface area contributed by atoms with Crippen LogP contribution < -0.4 is 4.89 Å². The topological polar surface area (TPSA) is 184 Å². The van der Waals surface area contributed by atoms with Gasteiger partial charge >= 0.3 is 33.1 Å². The van der Waals surface area contributed by atoms with Crippen LogP contribution in [-0.2, 0) is 48.0 Å². The molecule has 0 fully saturated rings. The number of hydrogen-bond donors (Lipinski definition) is 2. The van der Waals surface area contributed by atoms with Crippen molar-refractivity contribution in [3.8, 4) is 0 Å². The average Bonchev–Trinajstić information content (AvgIpc) is 2.74. The molecule has 2 unspecified atom stereocenters. The summed E-state index contributed by atoms with van der Waals surface area (Å²) in [5, 5.41) is 10.6. The van der Waals surface area contributed by atoms with Crippen LogP contribution >= 0.6 is 0 Å². The van der Waals surface area contributed by atoms with E-state index >= 15 is 0 Å². The van der Waals surface area contributed by atoms with E-state index in [1.54, 1.807) is 13.8 Å². The highest BCUT2D eigenvalue weighted by Crippen LogP contribution is 2.26. The van der Waals surface area contributed by atoms with Gasteiger partial charge in [0.1, 0.15) is 13.2 Å². The van der Waals surface area contributed by atoms with Crippen LogP contribution in [0.2, 0.25) is 0 Å². The zero-order valence-electron chi connectivity index (χ0n) is 22.2. The lowest BCUT2D eigenvalue weighted by Crippen LogP contribution is -2.81. The van der Waals surface area contributed by atoms with Gasteiger partial charge in [-0.2, -0.15) is 34.8 Å². The van der Waals surface area contributed by atoms with Gasteiger partial charge in [0.25, 0.3) is 0 Å². The van der Waals surface area contributed by atoms with Gasteiger partial charge in [-0.15, -0.1) is 8.42 Å². The lowest BCUT2D eigenvalue weighted by molar-refractivity contribution is -0.428. The van der Waals surface area contributed by atoms with Gasteiger partial charge in [0.15, 0.2) is 0 Å². The second kappa shape index (κ2) is 15.5. The first-order valence-electron chi connectivity index (χ1n) is 11.2. The molecule has 0 aromatic rings. The third kappa shape index (κ3) is 20.9. The van der Waals surface area contributed by atoms with Crippen molar-refractivity contribution in [2.45, 2.75) is 40.0 Å². The Bertz CT molecular complexity index is 962. The third-order valence-corrected chi connectivity index (χ3v) is 5.66. The quantitative estimate of drug-likeness (QED) is 0.104. The molecule has 0 aliphatic rings. The molecule has 0 aliphatic heterocycles.